The number of furan rings is 1. The molecule has 6 nitrogen and oxygen atoms in total. The Morgan fingerprint density at radius 3 is 3.00 bits per heavy atom. The second-order valence-electron chi connectivity index (χ2n) is 6.96. The van der Waals surface area contributed by atoms with E-state index in [1.807, 2.05) is 30.3 Å². The number of carbonyl (C=O) groups is 2. The van der Waals surface area contributed by atoms with Crippen LogP contribution in [0.1, 0.15) is 12.2 Å². The van der Waals surface area contributed by atoms with E-state index >= 15 is 0 Å². The molecule has 2 fully saturated rings. The van der Waals surface area contributed by atoms with Crippen LogP contribution in [0.3, 0.4) is 0 Å². The molecule has 0 spiro atoms. The van der Waals surface area contributed by atoms with Gasteiger partial charge in [-0.2, -0.15) is 0 Å². The lowest BCUT2D eigenvalue weighted by Crippen LogP contribution is -2.49. The predicted octanol–water partition coefficient (Wildman–Crippen LogP) is 1.59. The summed E-state index contributed by atoms with van der Waals surface area (Å²) in [7, 11) is 1.66. The first kappa shape index (κ1) is 16.1. The Morgan fingerprint density at radius 2 is 2.20 bits per heavy atom. The molecule has 0 bridgehead atoms. The van der Waals surface area contributed by atoms with Gasteiger partial charge in [0, 0.05) is 38.0 Å². The summed E-state index contributed by atoms with van der Waals surface area (Å²) < 4.78 is 11.3. The number of nitrogens with zero attached hydrogens (tertiary/aromatic N) is 1. The van der Waals surface area contributed by atoms with Crippen LogP contribution in [-0.4, -0.2) is 50.1 Å². The number of carbonyl (C=O) groups excluding carboxylic acids is 2. The molecule has 4 rings (SSSR count). The first-order chi connectivity index (χ1) is 12.1. The Morgan fingerprint density at radius 1 is 1.36 bits per heavy atom. The van der Waals surface area contributed by atoms with Crippen molar-refractivity contribution in [1.82, 2.24) is 10.2 Å². The van der Waals surface area contributed by atoms with Crippen LogP contribution < -0.4 is 5.32 Å². The maximum atomic E-state index is 12.8. The quantitative estimate of drug-likeness (QED) is 0.919. The summed E-state index contributed by atoms with van der Waals surface area (Å²) in [5.74, 6) is 0.726. The molecule has 2 saturated heterocycles. The van der Waals surface area contributed by atoms with Crippen molar-refractivity contribution in [2.75, 3.05) is 33.4 Å². The van der Waals surface area contributed by atoms with E-state index in [-0.39, 0.29) is 24.2 Å². The summed E-state index contributed by atoms with van der Waals surface area (Å²) in [5, 5.41) is 3.77. The van der Waals surface area contributed by atoms with Gasteiger partial charge in [0.15, 0.2) is 0 Å². The van der Waals surface area contributed by atoms with Crippen molar-refractivity contribution in [2.24, 2.45) is 11.3 Å². The zero-order chi connectivity index (χ0) is 17.4. The van der Waals surface area contributed by atoms with Gasteiger partial charge in [-0.25, -0.2) is 0 Å². The molecule has 3 heterocycles. The molecule has 2 aliphatic rings. The van der Waals surface area contributed by atoms with Crippen LogP contribution in [0.25, 0.3) is 11.0 Å². The van der Waals surface area contributed by atoms with Crippen LogP contribution in [0.15, 0.2) is 34.7 Å². The lowest BCUT2D eigenvalue weighted by Gasteiger charge is -2.36. The van der Waals surface area contributed by atoms with E-state index in [0.717, 1.165) is 11.0 Å². The molecule has 2 amide bonds. The second-order valence-corrected chi connectivity index (χ2v) is 6.96. The van der Waals surface area contributed by atoms with E-state index in [4.69, 9.17) is 9.15 Å². The minimum Gasteiger partial charge on any atom is -0.461 e. The van der Waals surface area contributed by atoms with Gasteiger partial charge < -0.3 is 19.4 Å². The average Bonchev–Trinajstić information content (AvgIpc) is 3.22. The maximum Gasteiger partial charge on any atom is 0.230 e. The highest BCUT2D eigenvalue weighted by Gasteiger charge is 2.54. The van der Waals surface area contributed by atoms with Gasteiger partial charge in [-0.3, -0.25) is 9.59 Å². The van der Waals surface area contributed by atoms with Gasteiger partial charge in [0.05, 0.1) is 18.4 Å². The standard InChI is InChI=1S/C19H22N2O4/c1-20-18(23)19-6-7-24-11-14(19)10-21(12-19)17(22)9-15-8-13-4-2-3-5-16(13)25-15/h2-5,8,14H,6-7,9-12H2,1H3,(H,20,23)/t14-,19+/m1/s1. The molecule has 2 aliphatic heterocycles. The number of nitrogens with one attached hydrogen (secondary N) is 1. The van der Waals surface area contributed by atoms with Crippen molar-refractivity contribution in [3.63, 3.8) is 0 Å². The first-order valence-electron chi connectivity index (χ1n) is 8.67. The SMILES string of the molecule is CNC(=O)[C@]12CCOC[C@H]1CN(C(=O)Cc1cc3ccccc3o1)C2. The summed E-state index contributed by atoms with van der Waals surface area (Å²) in [4.78, 5) is 27.1. The van der Waals surface area contributed by atoms with Gasteiger partial charge in [-0.05, 0) is 18.6 Å². The van der Waals surface area contributed by atoms with Crippen molar-refractivity contribution >= 4 is 22.8 Å². The number of benzene rings is 1. The van der Waals surface area contributed by atoms with Gasteiger partial charge in [-0.15, -0.1) is 0 Å². The van der Waals surface area contributed by atoms with Gasteiger partial charge >= 0.3 is 0 Å². The minimum atomic E-state index is -0.517. The van der Waals surface area contributed by atoms with Crippen LogP contribution in [-0.2, 0) is 20.7 Å². The number of ether oxygens (including phenoxy) is 1. The predicted molar refractivity (Wildman–Crippen MR) is 91.9 cm³/mol. The molecule has 132 valence electrons. The van der Waals surface area contributed by atoms with E-state index in [1.54, 1.807) is 11.9 Å². The third-order valence-corrected chi connectivity index (χ3v) is 5.54. The molecular formula is C19H22N2O4. The number of fused-ring (bicyclic) bond motifs is 2. The highest BCUT2D eigenvalue weighted by atomic mass is 16.5. The Hall–Kier alpha value is -2.34. The van der Waals surface area contributed by atoms with Gasteiger partial charge in [0.25, 0.3) is 0 Å². The Bertz CT molecular complexity index is 782. The Kier molecular flexibility index (Phi) is 4.00. The molecule has 25 heavy (non-hydrogen) atoms. The molecule has 0 aliphatic carbocycles. The highest BCUT2D eigenvalue weighted by Crippen LogP contribution is 2.42. The zero-order valence-electron chi connectivity index (χ0n) is 14.3. The number of amides is 2. The molecule has 1 aromatic heterocycles. The molecule has 2 atom stereocenters. The fourth-order valence-corrected chi connectivity index (χ4v) is 4.14. The van der Waals surface area contributed by atoms with Crippen molar-refractivity contribution in [3.05, 3.63) is 36.1 Å². The number of likely N-dealkylation sites (tertiary alicyclic amines) is 1. The van der Waals surface area contributed by atoms with Gasteiger partial charge in [-0.1, -0.05) is 18.2 Å². The summed E-state index contributed by atoms with van der Waals surface area (Å²) in [5.41, 5.74) is 0.270. The normalized spacial score (nSPS) is 25.8. The minimum absolute atomic E-state index is 0.00302. The summed E-state index contributed by atoms with van der Waals surface area (Å²) in [6.45, 7) is 2.11. The number of hydrogen-bond donors (Lipinski definition) is 1. The lowest BCUT2D eigenvalue weighted by atomic mass is 9.73. The molecule has 2 aromatic rings. The second kappa shape index (κ2) is 6.19. The number of para-hydroxylation sites is 1. The van der Waals surface area contributed by atoms with Crippen LogP contribution in [0, 0.1) is 11.3 Å². The lowest BCUT2D eigenvalue weighted by molar-refractivity contribution is -0.139. The largest absolute Gasteiger partial charge is 0.461 e. The zero-order valence-corrected chi connectivity index (χ0v) is 14.3. The summed E-state index contributed by atoms with van der Waals surface area (Å²) in [6, 6.07) is 9.63. The first-order valence-corrected chi connectivity index (χ1v) is 8.67. The van der Waals surface area contributed by atoms with Gasteiger partial charge in [0.1, 0.15) is 11.3 Å². The fourth-order valence-electron chi connectivity index (χ4n) is 4.14. The monoisotopic (exact) mass is 342 g/mol. The Balaban J connectivity index is 1.52. The Labute approximate surface area is 146 Å². The van der Waals surface area contributed by atoms with Crippen molar-refractivity contribution in [2.45, 2.75) is 12.8 Å². The molecule has 1 N–H and O–H groups in total. The molecule has 0 saturated carbocycles. The van der Waals surface area contributed by atoms with E-state index in [0.29, 0.717) is 38.5 Å². The third kappa shape index (κ3) is 2.70. The van der Waals surface area contributed by atoms with Crippen LogP contribution in [0.2, 0.25) is 0 Å². The van der Waals surface area contributed by atoms with Crippen LogP contribution in [0.5, 0.6) is 0 Å². The van der Waals surface area contributed by atoms with Crippen LogP contribution >= 0.6 is 0 Å². The van der Waals surface area contributed by atoms with E-state index < -0.39 is 5.41 Å². The van der Waals surface area contributed by atoms with Crippen LogP contribution in [0.4, 0.5) is 0 Å². The number of hydrogen-bond acceptors (Lipinski definition) is 4. The number of rotatable bonds is 3. The smallest absolute Gasteiger partial charge is 0.230 e. The summed E-state index contributed by atoms with van der Waals surface area (Å²) in [6.07, 6.45) is 0.873. The average molecular weight is 342 g/mol. The van der Waals surface area contributed by atoms with E-state index in [2.05, 4.69) is 5.32 Å². The molecule has 1 aromatic carbocycles. The fraction of sp³-hybridized carbons (Fsp3) is 0.474. The molecule has 0 unspecified atom stereocenters. The third-order valence-electron chi connectivity index (χ3n) is 5.54. The maximum absolute atomic E-state index is 12.8. The summed E-state index contributed by atoms with van der Waals surface area (Å²) >= 11 is 0. The molecular weight excluding hydrogens is 320 g/mol. The molecule has 6 heteroatoms. The topological polar surface area (TPSA) is 71.8 Å². The van der Waals surface area contributed by atoms with E-state index in [9.17, 15) is 9.59 Å². The highest BCUT2D eigenvalue weighted by molar-refractivity contribution is 5.87. The van der Waals surface area contributed by atoms with Crippen molar-refractivity contribution in [1.29, 1.82) is 0 Å². The van der Waals surface area contributed by atoms with Crippen molar-refractivity contribution in [3.8, 4) is 0 Å². The van der Waals surface area contributed by atoms with Crippen molar-refractivity contribution < 1.29 is 18.7 Å². The van der Waals surface area contributed by atoms with Gasteiger partial charge in [0.2, 0.25) is 11.8 Å². The molecule has 0 radical (unpaired) electrons. The van der Waals surface area contributed by atoms with E-state index in [1.165, 1.54) is 0 Å².